The molecule has 0 saturated heterocycles. The van der Waals surface area contributed by atoms with E-state index in [9.17, 15) is 14.7 Å². The molecule has 23 heavy (non-hydrogen) atoms. The van der Waals surface area contributed by atoms with Crippen LogP contribution < -0.4 is 0 Å². The monoisotopic (exact) mass is 321 g/mol. The number of furan rings is 1. The molecule has 0 spiro atoms. The summed E-state index contributed by atoms with van der Waals surface area (Å²) in [6.45, 7) is 7.85. The number of carbonyl (C=O) groups is 2. The number of aliphatic hydroxyl groups excluding tert-OH is 1. The normalized spacial score (nSPS) is 18.6. The van der Waals surface area contributed by atoms with Crippen molar-refractivity contribution < 1.29 is 23.8 Å². The Morgan fingerprint density at radius 2 is 2.09 bits per heavy atom. The van der Waals surface area contributed by atoms with Gasteiger partial charge in [0.2, 0.25) is 0 Å². The van der Waals surface area contributed by atoms with Crippen molar-refractivity contribution in [2.24, 2.45) is 5.92 Å². The zero-order valence-electron chi connectivity index (χ0n) is 13.9. The summed E-state index contributed by atoms with van der Waals surface area (Å²) in [5.74, 6) is -1.19. The van der Waals surface area contributed by atoms with Crippen LogP contribution in [0, 0.1) is 5.92 Å². The molecule has 2 heterocycles. The lowest BCUT2D eigenvalue weighted by molar-refractivity contribution is -0.130. The van der Waals surface area contributed by atoms with E-state index in [0.29, 0.717) is 12.4 Å². The molecule has 1 aliphatic heterocycles. The van der Waals surface area contributed by atoms with E-state index in [4.69, 9.17) is 9.15 Å². The van der Waals surface area contributed by atoms with Gasteiger partial charge < -0.3 is 19.2 Å². The van der Waals surface area contributed by atoms with Crippen LogP contribution in [0.3, 0.4) is 0 Å². The van der Waals surface area contributed by atoms with Gasteiger partial charge in [-0.1, -0.05) is 13.8 Å². The zero-order valence-corrected chi connectivity index (χ0v) is 13.9. The maximum absolute atomic E-state index is 12.5. The first kappa shape index (κ1) is 17.3. The van der Waals surface area contributed by atoms with Gasteiger partial charge in [0, 0.05) is 12.5 Å². The number of nitrogens with zero attached hydrogens (tertiary/aromatic N) is 1. The molecule has 1 N–H and O–H groups in total. The number of hydrogen-bond donors (Lipinski definition) is 1. The second-order valence-electron chi connectivity index (χ2n) is 6.12. The van der Waals surface area contributed by atoms with E-state index in [0.717, 1.165) is 0 Å². The van der Waals surface area contributed by atoms with Gasteiger partial charge in [-0.3, -0.25) is 9.59 Å². The van der Waals surface area contributed by atoms with E-state index >= 15 is 0 Å². The minimum absolute atomic E-state index is 0.0353. The largest absolute Gasteiger partial charge is 0.503 e. The molecule has 126 valence electrons. The van der Waals surface area contributed by atoms with Crippen LogP contribution in [0.25, 0.3) is 0 Å². The average Bonchev–Trinajstić information content (AvgIpc) is 3.08. The van der Waals surface area contributed by atoms with Gasteiger partial charge in [0.05, 0.1) is 24.5 Å². The molecule has 1 aromatic heterocycles. The number of rotatable bonds is 7. The molecule has 0 bridgehead atoms. The summed E-state index contributed by atoms with van der Waals surface area (Å²) < 4.78 is 10.9. The molecule has 0 aliphatic carbocycles. The fourth-order valence-corrected chi connectivity index (χ4v) is 2.58. The Bertz CT molecular complexity index is 601. The Morgan fingerprint density at radius 1 is 1.39 bits per heavy atom. The second kappa shape index (κ2) is 7.00. The van der Waals surface area contributed by atoms with Crippen LogP contribution in [0.2, 0.25) is 0 Å². The van der Waals surface area contributed by atoms with Crippen molar-refractivity contribution >= 4 is 11.7 Å². The van der Waals surface area contributed by atoms with Crippen LogP contribution in [0.4, 0.5) is 0 Å². The highest BCUT2D eigenvalue weighted by molar-refractivity contribution is 6.09. The summed E-state index contributed by atoms with van der Waals surface area (Å²) in [5, 5.41) is 10.2. The third-order valence-electron chi connectivity index (χ3n) is 3.69. The maximum Gasteiger partial charge on any atom is 0.290 e. The van der Waals surface area contributed by atoms with Gasteiger partial charge in [0.1, 0.15) is 11.8 Å². The highest BCUT2D eigenvalue weighted by atomic mass is 16.5. The fraction of sp³-hybridized carbons (Fsp3) is 0.529. The first-order chi connectivity index (χ1) is 10.8. The Labute approximate surface area is 135 Å². The van der Waals surface area contributed by atoms with Gasteiger partial charge in [-0.15, -0.1) is 0 Å². The molecule has 6 heteroatoms. The Balaban J connectivity index is 2.33. The number of ether oxygens (including phenoxy) is 1. The lowest BCUT2D eigenvalue weighted by Gasteiger charge is -2.25. The van der Waals surface area contributed by atoms with Gasteiger partial charge in [-0.2, -0.15) is 0 Å². The topological polar surface area (TPSA) is 80.0 Å². The molecular weight excluding hydrogens is 298 g/mol. The first-order valence-corrected chi connectivity index (χ1v) is 7.77. The van der Waals surface area contributed by atoms with Crippen molar-refractivity contribution in [3.63, 3.8) is 0 Å². The average molecular weight is 321 g/mol. The minimum atomic E-state index is -0.705. The summed E-state index contributed by atoms with van der Waals surface area (Å²) in [7, 11) is 0. The number of hydrogen-bond acceptors (Lipinski definition) is 5. The smallest absolute Gasteiger partial charge is 0.290 e. The first-order valence-electron chi connectivity index (χ1n) is 7.77. The van der Waals surface area contributed by atoms with Crippen molar-refractivity contribution in [1.82, 2.24) is 4.90 Å². The van der Waals surface area contributed by atoms with Crippen LogP contribution in [0.5, 0.6) is 0 Å². The van der Waals surface area contributed by atoms with Crippen molar-refractivity contribution in [2.75, 3.05) is 13.2 Å². The Kier molecular flexibility index (Phi) is 5.26. The number of ketones is 1. The summed E-state index contributed by atoms with van der Waals surface area (Å²) in [6, 6.07) is 2.68. The van der Waals surface area contributed by atoms with Crippen LogP contribution >= 0.6 is 0 Å². The van der Waals surface area contributed by atoms with Gasteiger partial charge >= 0.3 is 0 Å². The standard InChI is InChI=1S/C17H23NO5/c1-10(2)15(19)13-14(12-6-5-8-23-12)18(17(21)16(13)20)7-9-22-11(3)4/h5-6,8,10-11,14,20H,7,9H2,1-4H3. The Morgan fingerprint density at radius 3 is 2.61 bits per heavy atom. The quantitative estimate of drug-likeness (QED) is 0.835. The molecule has 0 saturated carbocycles. The maximum atomic E-state index is 12.5. The summed E-state index contributed by atoms with van der Waals surface area (Å²) >= 11 is 0. The molecule has 0 aromatic carbocycles. The van der Waals surface area contributed by atoms with E-state index in [1.165, 1.54) is 11.2 Å². The molecule has 6 nitrogen and oxygen atoms in total. The number of aliphatic hydroxyl groups is 1. The van der Waals surface area contributed by atoms with Gasteiger partial charge in [-0.25, -0.2) is 0 Å². The van der Waals surface area contributed by atoms with Crippen molar-refractivity contribution in [2.45, 2.75) is 39.8 Å². The Hall–Kier alpha value is -2.08. The van der Waals surface area contributed by atoms with Gasteiger partial charge in [-0.05, 0) is 26.0 Å². The molecule has 1 atom stereocenters. The number of carbonyl (C=O) groups excluding carboxylic acids is 2. The molecule has 1 aliphatic rings. The molecule has 1 amide bonds. The van der Waals surface area contributed by atoms with Crippen molar-refractivity contribution in [3.05, 3.63) is 35.5 Å². The van der Waals surface area contributed by atoms with Crippen LogP contribution in [0.1, 0.15) is 39.5 Å². The highest BCUT2D eigenvalue weighted by Crippen LogP contribution is 2.38. The highest BCUT2D eigenvalue weighted by Gasteiger charge is 2.45. The molecule has 0 radical (unpaired) electrons. The minimum Gasteiger partial charge on any atom is -0.503 e. The lowest BCUT2D eigenvalue weighted by Crippen LogP contribution is -2.34. The van der Waals surface area contributed by atoms with Crippen molar-refractivity contribution in [3.8, 4) is 0 Å². The molecular formula is C17H23NO5. The van der Waals surface area contributed by atoms with E-state index in [1.807, 2.05) is 13.8 Å². The van der Waals surface area contributed by atoms with E-state index in [-0.39, 0.29) is 29.9 Å². The predicted octanol–water partition coefficient (Wildman–Crippen LogP) is 2.63. The van der Waals surface area contributed by atoms with E-state index < -0.39 is 17.7 Å². The number of Topliss-reactive ketones (excluding diaryl/α,β-unsaturated/α-hetero) is 1. The summed E-state index contributed by atoms with van der Waals surface area (Å²) in [4.78, 5) is 26.3. The SMILES string of the molecule is CC(C)OCCN1C(=O)C(O)=C(C(=O)C(C)C)C1c1ccco1. The van der Waals surface area contributed by atoms with Gasteiger partial charge in [0.25, 0.3) is 5.91 Å². The van der Waals surface area contributed by atoms with Crippen molar-refractivity contribution in [1.29, 1.82) is 0 Å². The molecule has 1 unspecified atom stereocenters. The van der Waals surface area contributed by atoms with E-state index in [2.05, 4.69) is 0 Å². The van der Waals surface area contributed by atoms with Crippen LogP contribution in [-0.2, 0) is 14.3 Å². The third-order valence-corrected chi connectivity index (χ3v) is 3.69. The predicted molar refractivity (Wildman–Crippen MR) is 83.7 cm³/mol. The summed E-state index contributed by atoms with van der Waals surface area (Å²) in [6.07, 6.45) is 1.52. The zero-order chi connectivity index (χ0) is 17.1. The second-order valence-corrected chi connectivity index (χ2v) is 6.12. The summed E-state index contributed by atoms with van der Waals surface area (Å²) in [5.41, 5.74) is 0.101. The number of amides is 1. The van der Waals surface area contributed by atoms with E-state index in [1.54, 1.807) is 26.0 Å². The fourth-order valence-electron chi connectivity index (χ4n) is 2.58. The molecule has 1 aromatic rings. The molecule has 2 rings (SSSR count). The van der Waals surface area contributed by atoms with Crippen LogP contribution in [0.15, 0.2) is 34.1 Å². The lowest BCUT2D eigenvalue weighted by atomic mass is 9.94. The van der Waals surface area contributed by atoms with Crippen LogP contribution in [-0.4, -0.2) is 41.0 Å². The third kappa shape index (κ3) is 3.47. The van der Waals surface area contributed by atoms with Gasteiger partial charge in [0.15, 0.2) is 11.5 Å². The molecule has 0 fully saturated rings.